The number of carbonyl (C=O) groups excluding carboxylic acids is 1. The smallest absolute Gasteiger partial charge is 0.289 e. The summed E-state index contributed by atoms with van der Waals surface area (Å²) in [6.45, 7) is 1.81. The lowest BCUT2D eigenvalue weighted by atomic mass is 9.76. The normalized spacial score (nSPS) is 22.6. The van der Waals surface area contributed by atoms with Crippen molar-refractivity contribution < 1.29 is 9.21 Å². The van der Waals surface area contributed by atoms with Crippen LogP contribution in [0.1, 0.15) is 55.5 Å². The minimum absolute atomic E-state index is 0.0621. The Balaban J connectivity index is 1.53. The number of likely N-dealkylation sites (tertiary alicyclic amines) is 1. The van der Waals surface area contributed by atoms with Gasteiger partial charge in [0.05, 0.1) is 6.26 Å². The van der Waals surface area contributed by atoms with Gasteiger partial charge in [-0.15, -0.1) is 0 Å². The van der Waals surface area contributed by atoms with Crippen molar-refractivity contribution in [2.24, 2.45) is 11.8 Å². The SMILES string of the molecule is O=C(c1ccco1)N1CCC(C2CCCCC2)CC1. The third-order valence-corrected chi connectivity index (χ3v) is 4.88. The van der Waals surface area contributed by atoms with E-state index in [4.69, 9.17) is 4.42 Å². The number of piperidine rings is 1. The first-order valence-corrected chi connectivity index (χ1v) is 7.67. The molecule has 104 valence electrons. The Labute approximate surface area is 115 Å². The quantitative estimate of drug-likeness (QED) is 0.813. The van der Waals surface area contributed by atoms with Gasteiger partial charge in [-0.3, -0.25) is 4.79 Å². The number of furan rings is 1. The number of rotatable bonds is 2. The van der Waals surface area contributed by atoms with Crippen LogP contribution in [0, 0.1) is 11.8 Å². The van der Waals surface area contributed by atoms with E-state index in [1.807, 2.05) is 4.90 Å². The van der Waals surface area contributed by atoms with E-state index in [0.29, 0.717) is 5.76 Å². The van der Waals surface area contributed by atoms with Crippen LogP contribution < -0.4 is 0 Å². The fourth-order valence-corrected chi connectivity index (χ4v) is 3.74. The summed E-state index contributed by atoms with van der Waals surface area (Å²) in [5, 5.41) is 0. The van der Waals surface area contributed by atoms with E-state index < -0.39 is 0 Å². The van der Waals surface area contributed by atoms with Gasteiger partial charge in [0.25, 0.3) is 5.91 Å². The van der Waals surface area contributed by atoms with E-state index in [1.165, 1.54) is 44.9 Å². The van der Waals surface area contributed by atoms with Crippen LogP contribution in [0.15, 0.2) is 22.8 Å². The second kappa shape index (κ2) is 5.81. The van der Waals surface area contributed by atoms with Gasteiger partial charge in [-0.25, -0.2) is 0 Å². The number of hydrogen-bond acceptors (Lipinski definition) is 2. The van der Waals surface area contributed by atoms with Gasteiger partial charge >= 0.3 is 0 Å². The molecule has 0 unspecified atom stereocenters. The second-order valence-electron chi connectivity index (χ2n) is 6.01. The Morgan fingerprint density at radius 1 is 1.05 bits per heavy atom. The molecule has 1 amide bonds. The Hall–Kier alpha value is -1.25. The predicted molar refractivity (Wildman–Crippen MR) is 73.9 cm³/mol. The van der Waals surface area contributed by atoms with Gasteiger partial charge in [-0.2, -0.15) is 0 Å². The lowest BCUT2D eigenvalue weighted by molar-refractivity contribution is 0.0608. The van der Waals surface area contributed by atoms with Crippen LogP contribution in [0.2, 0.25) is 0 Å². The van der Waals surface area contributed by atoms with Crippen LogP contribution in [-0.2, 0) is 0 Å². The van der Waals surface area contributed by atoms with Crippen molar-refractivity contribution in [3.8, 4) is 0 Å². The van der Waals surface area contributed by atoms with Gasteiger partial charge in [0.2, 0.25) is 0 Å². The van der Waals surface area contributed by atoms with Crippen LogP contribution >= 0.6 is 0 Å². The monoisotopic (exact) mass is 261 g/mol. The zero-order valence-electron chi connectivity index (χ0n) is 11.5. The molecule has 0 aromatic carbocycles. The highest BCUT2D eigenvalue weighted by atomic mass is 16.3. The zero-order valence-corrected chi connectivity index (χ0v) is 11.5. The Kier molecular flexibility index (Phi) is 3.90. The van der Waals surface area contributed by atoms with Crippen molar-refractivity contribution >= 4 is 5.91 Å². The number of nitrogens with zero attached hydrogens (tertiary/aromatic N) is 1. The minimum Gasteiger partial charge on any atom is -0.459 e. The molecule has 0 radical (unpaired) electrons. The molecule has 3 nitrogen and oxygen atoms in total. The molecule has 2 heterocycles. The molecule has 2 fully saturated rings. The van der Waals surface area contributed by atoms with Crippen molar-refractivity contribution in [1.29, 1.82) is 0 Å². The molecular formula is C16H23NO2. The summed E-state index contributed by atoms with van der Waals surface area (Å²) < 4.78 is 5.20. The summed E-state index contributed by atoms with van der Waals surface area (Å²) in [5.41, 5.74) is 0. The van der Waals surface area contributed by atoms with Crippen LogP contribution in [0.25, 0.3) is 0 Å². The molecule has 2 aliphatic rings. The van der Waals surface area contributed by atoms with Crippen molar-refractivity contribution in [2.75, 3.05) is 13.1 Å². The molecule has 0 atom stereocenters. The molecule has 1 aliphatic carbocycles. The van der Waals surface area contributed by atoms with E-state index in [9.17, 15) is 4.79 Å². The summed E-state index contributed by atoms with van der Waals surface area (Å²) in [7, 11) is 0. The van der Waals surface area contributed by atoms with Crippen molar-refractivity contribution in [3.63, 3.8) is 0 Å². The van der Waals surface area contributed by atoms with Gasteiger partial charge in [0.1, 0.15) is 0 Å². The number of amides is 1. The highest BCUT2D eigenvalue weighted by Gasteiger charge is 2.30. The summed E-state index contributed by atoms with van der Waals surface area (Å²) in [4.78, 5) is 14.1. The molecule has 1 aromatic heterocycles. The third kappa shape index (κ3) is 2.85. The topological polar surface area (TPSA) is 33.5 Å². The van der Waals surface area contributed by atoms with Crippen molar-refractivity contribution in [3.05, 3.63) is 24.2 Å². The van der Waals surface area contributed by atoms with Crippen LogP contribution in [0.5, 0.6) is 0 Å². The average molecular weight is 261 g/mol. The lowest BCUT2D eigenvalue weighted by Crippen LogP contribution is -2.40. The van der Waals surface area contributed by atoms with E-state index >= 15 is 0 Å². The second-order valence-corrected chi connectivity index (χ2v) is 6.01. The molecule has 3 heteroatoms. The van der Waals surface area contributed by atoms with E-state index in [-0.39, 0.29) is 5.91 Å². The summed E-state index contributed by atoms with van der Waals surface area (Å²) in [5.74, 6) is 2.32. The number of carbonyl (C=O) groups is 1. The van der Waals surface area contributed by atoms with Crippen LogP contribution in [-0.4, -0.2) is 23.9 Å². The minimum atomic E-state index is 0.0621. The molecular weight excluding hydrogens is 238 g/mol. The zero-order chi connectivity index (χ0) is 13.1. The van der Waals surface area contributed by atoms with Gasteiger partial charge in [0, 0.05) is 13.1 Å². The van der Waals surface area contributed by atoms with Gasteiger partial charge in [-0.05, 0) is 36.8 Å². The van der Waals surface area contributed by atoms with Crippen LogP contribution in [0.3, 0.4) is 0 Å². The van der Waals surface area contributed by atoms with E-state index in [1.54, 1.807) is 18.4 Å². The first-order valence-electron chi connectivity index (χ1n) is 7.67. The van der Waals surface area contributed by atoms with Gasteiger partial charge in [0.15, 0.2) is 5.76 Å². The first-order chi connectivity index (χ1) is 9.34. The average Bonchev–Trinajstić information content (AvgIpc) is 3.02. The van der Waals surface area contributed by atoms with E-state index in [2.05, 4.69) is 0 Å². The molecule has 0 spiro atoms. The standard InChI is InChI=1S/C16H23NO2/c18-16(15-7-4-12-19-15)17-10-8-14(9-11-17)13-5-2-1-3-6-13/h4,7,12-14H,1-3,5-6,8-11H2. The molecule has 1 saturated heterocycles. The maximum absolute atomic E-state index is 12.2. The highest BCUT2D eigenvalue weighted by molar-refractivity contribution is 5.91. The van der Waals surface area contributed by atoms with Crippen molar-refractivity contribution in [2.45, 2.75) is 44.9 Å². The Morgan fingerprint density at radius 2 is 1.74 bits per heavy atom. The predicted octanol–water partition coefficient (Wildman–Crippen LogP) is 3.71. The van der Waals surface area contributed by atoms with Gasteiger partial charge < -0.3 is 9.32 Å². The third-order valence-electron chi connectivity index (χ3n) is 4.88. The fraction of sp³-hybridized carbons (Fsp3) is 0.688. The van der Waals surface area contributed by atoms with Crippen molar-refractivity contribution in [1.82, 2.24) is 4.90 Å². The number of hydrogen-bond donors (Lipinski definition) is 0. The summed E-state index contributed by atoms with van der Waals surface area (Å²) >= 11 is 0. The van der Waals surface area contributed by atoms with Gasteiger partial charge in [-0.1, -0.05) is 32.1 Å². The molecule has 0 bridgehead atoms. The largest absolute Gasteiger partial charge is 0.459 e. The van der Waals surface area contributed by atoms with E-state index in [0.717, 1.165) is 24.9 Å². The Morgan fingerprint density at radius 3 is 2.37 bits per heavy atom. The summed E-state index contributed by atoms with van der Waals surface area (Å²) in [6.07, 6.45) is 11.0. The van der Waals surface area contributed by atoms with Crippen LogP contribution in [0.4, 0.5) is 0 Å². The molecule has 19 heavy (non-hydrogen) atoms. The highest BCUT2D eigenvalue weighted by Crippen LogP contribution is 2.35. The fourth-order valence-electron chi connectivity index (χ4n) is 3.74. The maximum Gasteiger partial charge on any atom is 0.289 e. The molecule has 1 aromatic rings. The molecule has 1 aliphatic heterocycles. The Bertz CT molecular complexity index is 398. The summed E-state index contributed by atoms with van der Waals surface area (Å²) in [6, 6.07) is 3.54. The lowest BCUT2D eigenvalue weighted by Gasteiger charge is -2.37. The molecule has 1 saturated carbocycles. The molecule has 0 N–H and O–H groups in total. The first kappa shape index (κ1) is 12.8. The maximum atomic E-state index is 12.2. The molecule has 3 rings (SSSR count).